The standard InChI is InChI=1S/C19H22N4O2/c1-13(2)16(9-11-24)22-19(25)15-12-21-23-17(8-10-20-18(15)23)14-6-4-3-5-7-14/h3-8,10,12-13,16,24H,9,11H2,1-2H3,(H,22,25). The summed E-state index contributed by atoms with van der Waals surface area (Å²) in [4.78, 5) is 17.0. The minimum Gasteiger partial charge on any atom is -0.396 e. The Kier molecular flexibility index (Phi) is 5.09. The number of nitrogens with zero attached hydrogens (tertiary/aromatic N) is 3. The van der Waals surface area contributed by atoms with E-state index in [1.54, 1.807) is 16.9 Å². The van der Waals surface area contributed by atoms with Crippen molar-refractivity contribution < 1.29 is 9.90 Å². The molecule has 0 aliphatic carbocycles. The monoisotopic (exact) mass is 338 g/mol. The van der Waals surface area contributed by atoms with Crippen LogP contribution in [-0.4, -0.2) is 38.3 Å². The lowest BCUT2D eigenvalue weighted by molar-refractivity contribution is 0.0918. The van der Waals surface area contributed by atoms with Gasteiger partial charge in [0.2, 0.25) is 0 Å². The number of carbonyl (C=O) groups is 1. The van der Waals surface area contributed by atoms with Crippen molar-refractivity contribution in [1.82, 2.24) is 19.9 Å². The first-order chi connectivity index (χ1) is 12.1. The van der Waals surface area contributed by atoms with Crippen LogP contribution in [0.5, 0.6) is 0 Å². The van der Waals surface area contributed by atoms with Gasteiger partial charge in [-0.1, -0.05) is 44.2 Å². The summed E-state index contributed by atoms with van der Waals surface area (Å²) in [5.74, 6) is 0.00522. The van der Waals surface area contributed by atoms with Crippen LogP contribution in [-0.2, 0) is 0 Å². The molecule has 3 rings (SSSR count). The van der Waals surface area contributed by atoms with Gasteiger partial charge >= 0.3 is 0 Å². The average molecular weight is 338 g/mol. The van der Waals surface area contributed by atoms with Gasteiger partial charge in [-0.15, -0.1) is 0 Å². The number of rotatable bonds is 6. The van der Waals surface area contributed by atoms with Crippen LogP contribution in [0, 0.1) is 5.92 Å². The Morgan fingerprint density at radius 2 is 2.00 bits per heavy atom. The van der Waals surface area contributed by atoms with Crippen molar-refractivity contribution in [2.75, 3.05) is 6.61 Å². The molecule has 0 aliphatic heterocycles. The highest BCUT2D eigenvalue weighted by molar-refractivity contribution is 6.00. The number of aliphatic hydroxyl groups is 1. The zero-order valence-corrected chi connectivity index (χ0v) is 14.4. The Balaban J connectivity index is 1.95. The molecule has 2 N–H and O–H groups in total. The van der Waals surface area contributed by atoms with Gasteiger partial charge in [0, 0.05) is 24.4 Å². The minimum absolute atomic E-state index is 0.0360. The second-order valence-corrected chi connectivity index (χ2v) is 6.33. The van der Waals surface area contributed by atoms with E-state index < -0.39 is 0 Å². The maximum atomic E-state index is 12.7. The fraction of sp³-hybridized carbons (Fsp3) is 0.316. The van der Waals surface area contributed by atoms with Crippen LogP contribution < -0.4 is 5.32 Å². The molecule has 0 saturated carbocycles. The summed E-state index contributed by atoms with van der Waals surface area (Å²) in [5.41, 5.74) is 2.83. The van der Waals surface area contributed by atoms with Crippen LogP contribution in [0.3, 0.4) is 0 Å². The topological polar surface area (TPSA) is 79.5 Å². The van der Waals surface area contributed by atoms with Crippen molar-refractivity contribution in [3.8, 4) is 11.3 Å². The van der Waals surface area contributed by atoms with Gasteiger partial charge in [0.1, 0.15) is 5.56 Å². The number of fused-ring (bicyclic) bond motifs is 1. The first-order valence-electron chi connectivity index (χ1n) is 8.41. The van der Waals surface area contributed by atoms with E-state index in [2.05, 4.69) is 15.4 Å². The molecule has 2 aromatic heterocycles. The molecule has 25 heavy (non-hydrogen) atoms. The smallest absolute Gasteiger partial charge is 0.256 e. The van der Waals surface area contributed by atoms with E-state index in [0.717, 1.165) is 11.3 Å². The molecule has 1 unspecified atom stereocenters. The molecule has 1 aromatic carbocycles. The van der Waals surface area contributed by atoms with Gasteiger partial charge in [0.15, 0.2) is 5.65 Å². The summed E-state index contributed by atoms with van der Waals surface area (Å²) in [6, 6.07) is 11.6. The lowest BCUT2D eigenvalue weighted by atomic mass is 10.0. The largest absolute Gasteiger partial charge is 0.396 e. The number of hydrogen-bond acceptors (Lipinski definition) is 4. The highest BCUT2D eigenvalue weighted by Crippen LogP contribution is 2.20. The van der Waals surface area contributed by atoms with Gasteiger partial charge < -0.3 is 10.4 Å². The van der Waals surface area contributed by atoms with Gasteiger partial charge in [-0.05, 0) is 18.4 Å². The van der Waals surface area contributed by atoms with Crippen LogP contribution >= 0.6 is 0 Å². The molecule has 0 radical (unpaired) electrons. The number of benzene rings is 1. The van der Waals surface area contributed by atoms with E-state index in [1.165, 1.54) is 0 Å². The number of nitrogens with one attached hydrogen (secondary N) is 1. The van der Waals surface area contributed by atoms with Gasteiger partial charge in [-0.25, -0.2) is 9.50 Å². The number of amides is 1. The Hall–Kier alpha value is -2.73. The SMILES string of the molecule is CC(C)C(CCO)NC(=O)c1cnn2c(-c3ccccc3)ccnc12. The van der Waals surface area contributed by atoms with Crippen molar-refractivity contribution in [1.29, 1.82) is 0 Å². The predicted molar refractivity (Wildman–Crippen MR) is 96.2 cm³/mol. The number of carbonyl (C=O) groups excluding carboxylic acids is 1. The normalized spacial score (nSPS) is 12.5. The second-order valence-electron chi connectivity index (χ2n) is 6.33. The van der Waals surface area contributed by atoms with Crippen molar-refractivity contribution in [2.24, 2.45) is 5.92 Å². The van der Waals surface area contributed by atoms with Crippen molar-refractivity contribution in [3.63, 3.8) is 0 Å². The van der Waals surface area contributed by atoms with E-state index in [-0.39, 0.29) is 24.5 Å². The van der Waals surface area contributed by atoms with E-state index >= 15 is 0 Å². The van der Waals surface area contributed by atoms with Crippen LogP contribution in [0.15, 0.2) is 48.8 Å². The van der Waals surface area contributed by atoms with Gasteiger partial charge in [0.05, 0.1) is 11.9 Å². The maximum absolute atomic E-state index is 12.7. The van der Waals surface area contributed by atoms with Crippen LogP contribution in [0.1, 0.15) is 30.6 Å². The summed E-state index contributed by atoms with van der Waals surface area (Å²) in [5, 5.41) is 16.5. The molecule has 1 atom stereocenters. The average Bonchev–Trinajstić information content (AvgIpc) is 3.06. The fourth-order valence-electron chi connectivity index (χ4n) is 2.84. The Morgan fingerprint density at radius 1 is 1.24 bits per heavy atom. The molecule has 6 nitrogen and oxygen atoms in total. The van der Waals surface area contributed by atoms with E-state index in [9.17, 15) is 9.90 Å². The minimum atomic E-state index is -0.222. The van der Waals surface area contributed by atoms with Crippen LogP contribution in [0.2, 0.25) is 0 Å². The molecule has 0 bridgehead atoms. The molecule has 0 saturated heterocycles. The molecule has 0 spiro atoms. The summed E-state index contributed by atoms with van der Waals surface area (Å²) in [7, 11) is 0. The lowest BCUT2D eigenvalue weighted by Gasteiger charge is -2.21. The van der Waals surface area contributed by atoms with E-state index in [0.29, 0.717) is 17.6 Å². The van der Waals surface area contributed by atoms with E-state index in [4.69, 9.17) is 0 Å². The molecule has 6 heteroatoms. The van der Waals surface area contributed by atoms with Crippen LogP contribution in [0.4, 0.5) is 0 Å². The predicted octanol–water partition coefficient (Wildman–Crippen LogP) is 2.53. The van der Waals surface area contributed by atoms with Gasteiger partial charge in [-0.2, -0.15) is 5.10 Å². The highest BCUT2D eigenvalue weighted by atomic mass is 16.3. The number of hydrogen-bond donors (Lipinski definition) is 2. The quantitative estimate of drug-likeness (QED) is 0.724. The number of aromatic nitrogens is 3. The maximum Gasteiger partial charge on any atom is 0.256 e. The zero-order chi connectivity index (χ0) is 17.8. The first kappa shape index (κ1) is 17.1. The Labute approximate surface area is 146 Å². The summed E-state index contributed by atoms with van der Waals surface area (Å²) in [6.07, 6.45) is 3.75. The third-order valence-electron chi connectivity index (χ3n) is 4.28. The van der Waals surface area contributed by atoms with Gasteiger partial charge in [-0.3, -0.25) is 4.79 Å². The molecular formula is C19H22N4O2. The Morgan fingerprint density at radius 3 is 2.68 bits per heavy atom. The van der Waals surface area contributed by atoms with E-state index in [1.807, 2.05) is 50.2 Å². The van der Waals surface area contributed by atoms with Crippen molar-refractivity contribution in [3.05, 3.63) is 54.4 Å². The molecule has 2 heterocycles. The summed E-state index contributed by atoms with van der Waals surface area (Å²) in [6.45, 7) is 4.07. The molecule has 130 valence electrons. The van der Waals surface area contributed by atoms with Crippen molar-refractivity contribution >= 4 is 11.6 Å². The van der Waals surface area contributed by atoms with Crippen molar-refractivity contribution in [2.45, 2.75) is 26.3 Å². The third kappa shape index (κ3) is 3.53. The molecule has 3 aromatic rings. The fourth-order valence-corrected chi connectivity index (χ4v) is 2.84. The molecule has 0 fully saturated rings. The Bertz CT molecular complexity index is 858. The van der Waals surface area contributed by atoms with Crippen LogP contribution in [0.25, 0.3) is 16.9 Å². The highest BCUT2D eigenvalue weighted by Gasteiger charge is 2.20. The molecule has 0 aliphatic rings. The third-order valence-corrected chi connectivity index (χ3v) is 4.28. The summed E-state index contributed by atoms with van der Waals surface area (Å²) < 4.78 is 1.68. The number of aliphatic hydroxyl groups excluding tert-OH is 1. The van der Waals surface area contributed by atoms with Gasteiger partial charge in [0.25, 0.3) is 5.91 Å². The lowest BCUT2D eigenvalue weighted by Crippen LogP contribution is -2.39. The molecular weight excluding hydrogens is 316 g/mol. The first-order valence-corrected chi connectivity index (χ1v) is 8.41. The second kappa shape index (κ2) is 7.44. The zero-order valence-electron chi connectivity index (χ0n) is 14.4. The summed E-state index contributed by atoms with van der Waals surface area (Å²) >= 11 is 0. The molecule has 1 amide bonds.